The number of benzene rings is 1. The Kier molecular flexibility index (Phi) is 4.12. The molecule has 0 bridgehead atoms. The lowest BCUT2D eigenvalue weighted by molar-refractivity contribution is 0.103. The summed E-state index contributed by atoms with van der Waals surface area (Å²) in [5, 5.41) is 10.6. The van der Waals surface area contributed by atoms with Crippen molar-refractivity contribution >= 4 is 0 Å². The highest BCUT2D eigenvalue weighted by Crippen LogP contribution is 2.44. The van der Waals surface area contributed by atoms with Gasteiger partial charge in [-0.2, -0.15) is 0 Å². The predicted octanol–water partition coefficient (Wildman–Crippen LogP) is 3.17. The van der Waals surface area contributed by atoms with E-state index < -0.39 is 6.10 Å². The monoisotopic (exact) mass is 250 g/mol. The molecular weight excluding hydrogens is 228 g/mol. The summed E-state index contributed by atoms with van der Waals surface area (Å²) in [6.45, 7) is 2.24. The van der Waals surface area contributed by atoms with Crippen LogP contribution in [-0.4, -0.2) is 19.3 Å². The van der Waals surface area contributed by atoms with Crippen molar-refractivity contribution in [2.75, 3.05) is 14.2 Å². The van der Waals surface area contributed by atoms with E-state index in [1.807, 2.05) is 18.2 Å². The standard InChI is InChI=1S/C15H22O3/c1-10-7-8-11(9-10)15(16)14-12(17-2)5-4-6-13(14)18-3/h4-6,10-11,15-16H,7-9H2,1-3H3. The van der Waals surface area contributed by atoms with E-state index in [2.05, 4.69) is 6.92 Å². The van der Waals surface area contributed by atoms with Crippen molar-refractivity contribution in [3.63, 3.8) is 0 Å². The van der Waals surface area contributed by atoms with E-state index in [1.165, 1.54) is 6.42 Å². The highest BCUT2D eigenvalue weighted by Gasteiger charge is 2.31. The Labute approximate surface area is 109 Å². The molecule has 3 nitrogen and oxygen atoms in total. The third kappa shape index (κ3) is 2.46. The molecule has 0 aliphatic heterocycles. The Balaban J connectivity index is 2.30. The lowest BCUT2D eigenvalue weighted by atomic mass is 9.92. The highest BCUT2D eigenvalue weighted by atomic mass is 16.5. The first-order chi connectivity index (χ1) is 8.67. The Morgan fingerprint density at radius 3 is 2.22 bits per heavy atom. The molecular formula is C15H22O3. The van der Waals surface area contributed by atoms with Crippen LogP contribution in [0.3, 0.4) is 0 Å². The summed E-state index contributed by atoms with van der Waals surface area (Å²) in [6, 6.07) is 5.63. The zero-order valence-corrected chi connectivity index (χ0v) is 11.3. The molecule has 18 heavy (non-hydrogen) atoms. The zero-order chi connectivity index (χ0) is 13.1. The Morgan fingerprint density at radius 1 is 1.17 bits per heavy atom. The highest BCUT2D eigenvalue weighted by molar-refractivity contribution is 5.46. The number of hydrogen-bond acceptors (Lipinski definition) is 3. The SMILES string of the molecule is COc1cccc(OC)c1C(O)C1CCC(C)C1. The van der Waals surface area contributed by atoms with Crippen LogP contribution in [-0.2, 0) is 0 Å². The number of hydrogen-bond donors (Lipinski definition) is 1. The van der Waals surface area contributed by atoms with Crippen LogP contribution in [0.5, 0.6) is 11.5 Å². The first kappa shape index (κ1) is 13.2. The zero-order valence-electron chi connectivity index (χ0n) is 11.3. The number of aliphatic hydroxyl groups excluding tert-OH is 1. The smallest absolute Gasteiger partial charge is 0.128 e. The summed E-state index contributed by atoms with van der Waals surface area (Å²) in [5.74, 6) is 2.43. The van der Waals surface area contributed by atoms with Crippen LogP contribution in [0.25, 0.3) is 0 Å². The quantitative estimate of drug-likeness (QED) is 0.892. The van der Waals surface area contributed by atoms with Crippen LogP contribution in [0, 0.1) is 11.8 Å². The minimum atomic E-state index is -0.499. The molecule has 1 aromatic carbocycles. The molecule has 1 aliphatic carbocycles. The molecule has 0 heterocycles. The molecule has 0 aromatic heterocycles. The van der Waals surface area contributed by atoms with Crippen LogP contribution in [0.4, 0.5) is 0 Å². The van der Waals surface area contributed by atoms with Gasteiger partial charge in [-0.3, -0.25) is 0 Å². The molecule has 1 aliphatic rings. The lowest BCUT2D eigenvalue weighted by Gasteiger charge is -2.22. The molecule has 0 amide bonds. The molecule has 3 unspecified atom stereocenters. The van der Waals surface area contributed by atoms with Gasteiger partial charge < -0.3 is 14.6 Å². The molecule has 1 aromatic rings. The average Bonchev–Trinajstić information content (AvgIpc) is 2.83. The van der Waals surface area contributed by atoms with Gasteiger partial charge >= 0.3 is 0 Å². The third-order valence-electron chi connectivity index (χ3n) is 3.94. The van der Waals surface area contributed by atoms with Crippen LogP contribution < -0.4 is 9.47 Å². The second kappa shape index (κ2) is 5.61. The van der Waals surface area contributed by atoms with Crippen LogP contribution in [0.15, 0.2) is 18.2 Å². The molecule has 1 fully saturated rings. The van der Waals surface area contributed by atoms with Crippen LogP contribution >= 0.6 is 0 Å². The molecule has 1 N–H and O–H groups in total. The molecule has 0 saturated heterocycles. The fourth-order valence-corrected chi connectivity index (χ4v) is 2.94. The molecule has 0 spiro atoms. The summed E-state index contributed by atoms with van der Waals surface area (Å²) in [4.78, 5) is 0. The van der Waals surface area contributed by atoms with Crippen molar-refractivity contribution < 1.29 is 14.6 Å². The minimum absolute atomic E-state index is 0.310. The normalized spacial score (nSPS) is 24.9. The Morgan fingerprint density at radius 2 is 1.78 bits per heavy atom. The first-order valence-corrected chi connectivity index (χ1v) is 6.56. The predicted molar refractivity (Wildman–Crippen MR) is 71.0 cm³/mol. The van der Waals surface area contributed by atoms with Gasteiger partial charge in [-0.15, -0.1) is 0 Å². The van der Waals surface area contributed by atoms with Crippen molar-refractivity contribution in [2.24, 2.45) is 11.8 Å². The van der Waals surface area contributed by atoms with Gasteiger partial charge in [0, 0.05) is 0 Å². The fourth-order valence-electron chi connectivity index (χ4n) is 2.94. The summed E-state index contributed by atoms with van der Waals surface area (Å²) in [5.41, 5.74) is 0.793. The Hall–Kier alpha value is -1.22. The van der Waals surface area contributed by atoms with Gasteiger partial charge in [0.05, 0.1) is 25.9 Å². The number of ether oxygens (including phenoxy) is 2. The summed E-state index contributed by atoms with van der Waals surface area (Å²) in [7, 11) is 3.25. The molecule has 3 atom stereocenters. The van der Waals surface area contributed by atoms with E-state index >= 15 is 0 Å². The van der Waals surface area contributed by atoms with E-state index in [1.54, 1.807) is 14.2 Å². The van der Waals surface area contributed by atoms with E-state index in [4.69, 9.17) is 9.47 Å². The van der Waals surface area contributed by atoms with E-state index in [-0.39, 0.29) is 0 Å². The van der Waals surface area contributed by atoms with Gasteiger partial charge in [0.25, 0.3) is 0 Å². The second-order valence-electron chi connectivity index (χ2n) is 5.20. The average molecular weight is 250 g/mol. The van der Waals surface area contributed by atoms with E-state index in [0.717, 1.165) is 18.4 Å². The second-order valence-corrected chi connectivity index (χ2v) is 5.20. The molecule has 100 valence electrons. The maximum absolute atomic E-state index is 10.6. The van der Waals surface area contributed by atoms with Gasteiger partial charge in [-0.05, 0) is 36.8 Å². The summed E-state index contributed by atoms with van der Waals surface area (Å²) < 4.78 is 10.7. The summed E-state index contributed by atoms with van der Waals surface area (Å²) in [6.07, 6.45) is 2.84. The van der Waals surface area contributed by atoms with E-state index in [0.29, 0.717) is 23.3 Å². The maximum Gasteiger partial charge on any atom is 0.128 e. The molecule has 2 rings (SSSR count). The van der Waals surface area contributed by atoms with Crippen molar-refractivity contribution in [1.29, 1.82) is 0 Å². The van der Waals surface area contributed by atoms with Crippen LogP contribution in [0.1, 0.15) is 37.9 Å². The van der Waals surface area contributed by atoms with Crippen molar-refractivity contribution in [3.05, 3.63) is 23.8 Å². The molecule has 0 radical (unpaired) electrons. The fraction of sp³-hybridized carbons (Fsp3) is 0.600. The van der Waals surface area contributed by atoms with Gasteiger partial charge in [0.2, 0.25) is 0 Å². The van der Waals surface area contributed by atoms with Gasteiger partial charge in [0.1, 0.15) is 11.5 Å². The Bertz CT molecular complexity index is 380. The molecule has 3 heteroatoms. The van der Waals surface area contributed by atoms with Crippen molar-refractivity contribution in [3.8, 4) is 11.5 Å². The van der Waals surface area contributed by atoms with Gasteiger partial charge in [0.15, 0.2) is 0 Å². The number of methoxy groups -OCH3 is 2. The maximum atomic E-state index is 10.6. The van der Waals surface area contributed by atoms with Gasteiger partial charge in [-0.1, -0.05) is 19.4 Å². The van der Waals surface area contributed by atoms with Crippen molar-refractivity contribution in [2.45, 2.75) is 32.3 Å². The summed E-state index contributed by atoms with van der Waals surface area (Å²) >= 11 is 0. The number of rotatable bonds is 4. The minimum Gasteiger partial charge on any atom is -0.496 e. The van der Waals surface area contributed by atoms with Crippen LogP contribution in [0.2, 0.25) is 0 Å². The third-order valence-corrected chi connectivity index (χ3v) is 3.94. The topological polar surface area (TPSA) is 38.7 Å². The lowest BCUT2D eigenvalue weighted by Crippen LogP contribution is -2.12. The first-order valence-electron chi connectivity index (χ1n) is 6.56. The largest absolute Gasteiger partial charge is 0.496 e. The van der Waals surface area contributed by atoms with Gasteiger partial charge in [-0.25, -0.2) is 0 Å². The van der Waals surface area contributed by atoms with E-state index in [9.17, 15) is 5.11 Å². The van der Waals surface area contributed by atoms with Crippen molar-refractivity contribution in [1.82, 2.24) is 0 Å². The molecule has 1 saturated carbocycles. The number of aliphatic hydroxyl groups is 1.